The minimum Gasteiger partial charge on any atom is -0.369 e. The second-order valence-corrected chi connectivity index (χ2v) is 7.29. The van der Waals surface area contributed by atoms with Crippen LogP contribution in [0.5, 0.6) is 0 Å². The molecule has 1 aromatic carbocycles. The van der Waals surface area contributed by atoms with Gasteiger partial charge in [-0.3, -0.25) is 0 Å². The average Bonchev–Trinajstić information content (AvgIpc) is 2.47. The molecule has 1 N–H and O–H groups in total. The van der Waals surface area contributed by atoms with Crippen molar-refractivity contribution in [2.45, 2.75) is 52.2 Å². The molecule has 0 radical (unpaired) electrons. The third kappa shape index (κ3) is 5.08. The Morgan fingerprint density at radius 3 is 2.76 bits per heavy atom. The third-order valence-electron chi connectivity index (χ3n) is 4.71. The summed E-state index contributed by atoms with van der Waals surface area (Å²) in [7, 11) is 0. The Bertz CT molecular complexity index is 437. The molecule has 118 valence electrons. The standard InChI is InChI=1S/C18H28BrNO/c1-4-20-12-18(15-6-5-7-16(19)11-15)21-17-9-8-13(2)14(3)10-17/h5-7,11,13-14,17-18,20H,4,8-10,12H2,1-3H3. The Balaban J connectivity index is 2.02. The van der Waals surface area contributed by atoms with E-state index in [0.29, 0.717) is 6.10 Å². The van der Waals surface area contributed by atoms with Gasteiger partial charge in [-0.05, 0) is 55.3 Å². The topological polar surface area (TPSA) is 21.3 Å². The summed E-state index contributed by atoms with van der Waals surface area (Å²) >= 11 is 3.57. The molecular formula is C18H28BrNO. The molecule has 21 heavy (non-hydrogen) atoms. The first-order valence-corrected chi connectivity index (χ1v) is 9.01. The number of hydrogen-bond donors (Lipinski definition) is 1. The number of hydrogen-bond acceptors (Lipinski definition) is 2. The number of nitrogens with one attached hydrogen (secondary N) is 1. The lowest BCUT2D eigenvalue weighted by Crippen LogP contribution is -2.31. The first-order chi connectivity index (χ1) is 10.1. The van der Waals surface area contributed by atoms with Crippen molar-refractivity contribution in [3.8, 4) is 0 Å². The largest absolute Gasteiger partial charge is 0.369 e. The van der Waals surface area contributed by atoms with Crippen molar-refractivity contribution in [3.63, 3.8) is 0 Å². The SMILES string of the molecule is CCNCC(OC1CCC(C)C(C)C1)c1cccc(Br)c1. The molecular weight excluding hydrogens is 326 g/mol. The summed E-state index contributed by atoms with van der Waals surface area (Å²) in [5.41, 5.74) is 1.26. The van der Waals surface area contributed by atoms with Crippen LogP contribution in [0.1, 0.15) is 51.7 Å². The van der Waals surface area contributed by atoms with Crippen LogP contribution in [0.15, 0.2) is 28.7 Å². The van der Waals surface area contributed by atoms with E-state index in [1.165, 1.54) is 24.8 Å². The van der Waals surface area contributed by atoms with E-state index in [1.807, 2.05) is 0 Å². The quantitative estimate of drug-likeness (QED) is 0.781. The maximum absolute atomic E-state index is 6.47. The normalized spacial score (nSPS) is 27.5. The van der Waals surface area contributed by atoms with Crippen LogP contribution >= 0.6 is 15.9 Å². The van der Waals surface area contributed by atoms with Crippen LogP contribution < -0.4 is 5.32 Å². The Labute approximate surface area is 137 Å². The van der Waals surface area contributed by atoms with E-state index in [0.717, 1.165) is 29.4 Å². The second kappa shape index (κ2) is 8.30. The minimum absolute atomic E-state index is 0.146. The molecule has 0 heterocycles. The van der Waals surface area contributed by atoms with E-state index in [-0.39, 0.29) is 6.10 Å². The first kappa shape index (κ1) is 17.0. The highest BCUT2D eigenvalue weighted by atomic mass is 79.9. The van der Waals surface area contributed by atoms with E-state index >= 15 is 0 Å². The molecule has 1 aliphatic rings. The fraction of sp³-hybridized carbons (Fsp3) is 0.667. The zero-order valence-corrected chi connectivity index (χ0v) is 15.0. The summed E-state index contributed by atoms with van der Waals surface area (Å²) in [4.78, 5) is 0. The average molecular weight is 354 g/mol. The van der Waals surface area contributed by atoms with Gasteiger partial charge in [-0.25, -0.2) is 0 Å². The van der Waals surface area contributed by atoms with E-state index in [4.69, 9.17) is 4.74 Å². The van der Waals surface area contributed by atoms with Gasteiger partial charge in [0.25, 0.3) is 0 Å². The highest BCUT2D eigenvalue weighted by Gasteiger charge is 2.27. The Morgan fingerprint density at radius 2 is 2.10 bits per heavy atom. The van der Waals surface area contributed by atoms with Crippen molar-refractivity contribution in [3.05, 3.63) is 34.3 Å². The number of halogens is 1. The number of benzene rings is 1. The van der Waals surface area contributed by atoms with Gasteiger partial charge in [0.2, 0.25) is 0 Å². The van der Waals surface area contributed by atoms with Gasteiger partial charge in [0.15, 0.2) is 0 Å². The van der Waals surface area contributed by atoms with E-state index in [2.05, 4.69) is 66.3 Å². The summed E-state index contributed by atoms with van der Waals surface area (Å²) in [5, 5.41) is 3.44. The first-order valence-electron chi connectivity index (χ1n) is 8.21. The molecule has 0 aliphatic heterocycles. The molecule has 0 saturated heterocycles. The minimum atomic E-state index is 0.146. The maximum atomic E-state index is 6.47. The monoisotopic (exact) mass is 353 g/mol. The zero-order valence-electron chi connectivity index (χ0n) is 13.4. The highest BCUT2D eigenvalue weighted by molar-refractivity contribution is 9.10. The number of likely N-dealkylation sites (N-methyl/N-ethyl adjacent to an activating group) is 1. The third-order valence-corrected chi connectivity index (χ3v) is 5.20. The van der Waals surface area contributed by atoms with Crippen LogP contribution in [-0.2, 0) is 4.74 Å². The van der Waals surface area contributed by atoms with Crippen molar-refractivity contribution >= 4 is 15.9 Å². The van der Waals surface area contributed by atoms with Crippen molar-refractivity contribution in [1.82, 2.24) is 5.32 Å². The molecule has 2 rings (SSSR count). The predicted molar refractivity (Wildman–Crippen MR) is 92.5 cm³/mol. The molecule has 1 saturated carbocycles. The maximum Gasteiger partial charge on any atom is 0.0953 e. The Kier molecular flexibility index (Phi) is 6.72. The van der Waals surface area contributed by atoms with Crippen molar-refractivity contribution < 1.29 is 4.74 Å². The van der Waals surface area contributed by atoms with Crippen LogP contribution in [-0.4, -0.2) is 19.2 Å². The Morgan fingerprint density at radius 1 is 1.29 bits per heavy atom. The zero-order chi connectivity index (χ0) is 15.2. The van der Waals surface area contributed by atoms with Gasteiger partial charge in [-0.15, -0.1) is 0 Å². The van der Waals surface area contributed by atoms with Crippen LogP contribution in [0.2, 0.25) is 0 Å². The smallest absolute Gasteiger partial charge is 0.0953 e. The van der Waals surface area contributed by atoms with Crippen LogP contribution in [0.3, 0.4) is 0 Å². The van der Waals surface area contributed by atoms with Gasteiger partial charge < -0.3 is 10.1 Å². The van der Waals surface area contributed by atoms with Gasteiger partial charge in [0.1, 0.15) is 0 Å². The van der Waals surface area contributed by atoms with Gasteiger partial charge in [0, 0.05) is 11.0 Å². The van der Waals surface area contributed by atoms with Crippen LogP contribution in [0.25, 0.3) is 0 Å². The van der Waals surface area contributed by atoms with E-state index in [9.17, 15) is 0 Å². The van der Waals surface area contributed by atoms with Gasteiger partial charge in [-0.2, -0.15) is 0 Å². The summed E-state index contributed by atoms with van der Waals surface area (Å²) in [5.74, 6) is 1.61. The molecule has 0 amide bonds. The van der Waals surface area contributed by atoms with Gasteiger partial charge in [-0.1, -0.05) is 48.8 Å². The molecule has 1 aliphatic carbocycles. The summed E-state index contributed by atoms with van der Waals surface area (Å²) in [6, 6.07) is 8.50. The molecule has 1 fully saturated rings. The summed E-state index contributed by atoms with van der Waals surface area (Å²) < 4.78 is 7.59. The van der Waals surface area contributed by atoms with E-state index in [1.54, 1.807) is 0 Å². The Hall–Kier alpha value is -0.380. The lowest BCUT2D eigenvalue weighted by molar-refractivity contribution is -0.0478. The highest BCUT2D eigenvalue weighted by Crippen LogP contribution is 2.34. The van der Waals surface area contributed by atoms with Crippen LogP contribution in [0, 0.1) is 11.8 Å². The molecule has 4 unspecified atom stereocenters. The summed E-state index contributed by atoms with van der Waals surface area (Å²) in [6.07, 6.45) is 4.23. The molecule has 4 atom stereocenters. The molecule has 0 spiro atoms. The lowest BCUT2D eigenvalue weighted by Gasteiger charge is -2.34. The fourth-order valence-corrected chi connectivity index (χ4v) is 3.50. The van der Waals surface area contributed by atoms with E-state index < -0.39 is 0 Å². The van der Waals surface area contributed by atoms with Crippen LogP contribution in [0.4, 0.5) is 0 Å². The van der Waals surface area contributed by atoms with Gasteiger partial charge >= 0.3 is 0 Å². The van der Waals surface area contributed by atoms with Crippen molar-refractivity contribution in [1.29, 1.82) is 0 Å². The second-order valence-electron chi connectivity index (χ2n) is 6.38. The van der Waals surface area contributed by atoms with Crippen molar-refractivity contribution in [2.24, 2.45) is 11.8 Å². The van der Waals surface area contributed by atoms with Gasteiger partial charge in [0.05, 0.1) is 12.2 Å². The molecule has 3 heteroatoms. The molecule has 0 aromatic heterocycles. The fourth-order valence-electron chi connectivity index (χ4n) is 3.08. The predicted octanol–water partition coefficient (Wildman–Crippen LogP) is 4.94. The number of ether oxygens (including phenoxy) is 1. The lowest BCUT2D eigenvalue weighted by atomic mass is 9.80. The molecule has 0 bridgehead atoms. The molecule has 1 aromatic rings. The van der Waals surface area contributed by atoms with Crippen molar-refractivity contribution in [2.75, 3.05) is 13.1 Å². The number of rotatable bonds is 6. The molecule has 2 nitrogen and oxygen atoms in total. The summed E-state index contributed by atoms with van der Waals surface area (Å²) in [6.45, 7) is 8.73.